The first-order valence-electron chi connectivity index (χ1n) is 10.1. The second-order valence-electron chi connectivity index (χ2n) is 7.99. The molecule has 2 aromatic rings. The molecule has 3 N–H and O–H groups in total. The Bertz CT molecular complexity index is 1140. The van der Waals surface area contributed by atoms with Crippen molar-refractivity contribution in [2.45, 2.75) is 31.4 Å². The molecule has 0 spiro atoms. The fourth-order valence-electron chi connectivity index (χ4n) is 3.70. The van der Waals surface area contributed by atoms with Crippen molar-refractivity contribution < 1.29 is 51.3 Å². The summed E-state index contributed by atoms with van der Waals surface area (Å²) in [7, 11) is 0. The average Bonchev–Trinajstić information content (AvgIpc) is 3.02. The number of hydrogen-bond acceptors (Lipinski definition) is 5. The first kappa shape index (κ1) is 26.2. The van der Waals surface area contributed by atoms with Crippen LogP contribution in [-0.2, 0) is 21.9 Å². The number of nitrogens with zero attached hydrogens (tertiary/aromatic N) is 1. The molecule has 0 aromatic heterocycles. The number of carbonyl (C=O) groups is 2. The average molecular weight is 503 g/mol. The number of likely N-dealkylation sites (tertiary alicyclic amines) is 1. The van der Waals surface area contributed by atoms with Gasteiger partial charge < -0.3 is 20.2 Å². The summed E-state index contributed by atoms with van der Waals surface area (Å²) in [6.45, 7) is -0.00156. The molecule has 0 radical (unpaired) electrons. The van der Waals surface area contributed by atoms with Gasteiger partial charge in [0, 0.05) is 5.56 Å². The number of benzene rings is 2. The highest BCUT2D eigenvalue weighted by Crippen LogP contribution is 2.43. The van der Waals surface area contributed by atoms with Crippen LogP contribution in [0.1, 0.15) is 33.9 Å². The summed E-state index contributed by atoms with van der Waals surface area (Å²) >= 11 is 0. The van der Waals surface area contributed by atoms with Crippen molar-refractivity contribution in [1.82, 2.24) is 4.90 Å². The highest BCUT2D eigenvalue weighted by molar-refractivity contribution is 6.46. The Morgan fingerprint density at radius 2 is 1.49 bits per heavy atom. The van der Waals surface area contributed by atoms with Crippen molar-refractivity contribution in [3.05, 3.63) is 75.9 Å². The lowest BCUT2D eigenvalue weighted by Crippen LogP contribution is -2.38. The van der Waals surface area contributed by atoms with Crippen molar-refractivity contribution in [2.75, 3.05) is 13.2 Å². The number of carbonyl (C=O) groups excluding carboxylic acids is 2. The maximum Gasteiger partial charge on any atom is 0.416 e. The van der Waals surface area contributed by atoms with E-state index in [0.29, 0.717) is 17.0 Å². The molecule has 1 heterocycles. The highest BCUT2D eigenvalue weighted by Gasteiger charge is 2.48. The molecule has 2 unspecified atom stereocenters. The lowest BCUT2D eigenvalue weighted by molar-refractivity contribution is -0.143. The van der Waals surface area contributed by atoms with E-state index in [4.69, 9.17) is 5.11 Å². The fourth-order valence-corrected chi connectivity index (χ4v) is 3.70. The number of rotatable bonds is 5. The van der Waals surface area contributed by atoms with Gasteiger partial charge in [0.05, 0.1) is 42.0 Å². The maximum absolute atomic E-state index is 13.4. The second kappa shape index (κ2) is 9.34. The molecule has 1 aliphatic rings. The zero-order chi connectivity index (χ0) is 26.3. The quantitative estimate of drug-likeness (QED) is 0.250. The molecule has 12 heteroatoms. The predicted octanol–water partition coefficient (Wildman–Crippen LogP) is 3.81. The zero-order valence-electron chi connectivity index (χ0n) is 18.0. The third kappa shape index (κ3) is 5.33. The van der Waals surface area contributed by atoms with Crippen molar-refractivity contribution in [2.24, 2.45) is 0 Å². The van der Waals surface area contributed by atoms with Crippen molar-refractivity contribution in [1.29, 1.82) is 0 Å². The molecular formula is C23H19F6NO5. The number of aliphatic hydroxyl groups excluding tert-OH is 3. The van der Waals surface area contributed by atoms with Crippen LogP contribution in [0.5, 0.6) is 0 Å². The Labute approximate surface area is 194 Å². The van der Waals surface area contributed by atoms with Gasteiger partial charge in [0.1, 0.15) is 5.76 Å². The van der Waals surface area contributed by atoms with Gasteiger partial charge in [-0.25, -0.2) is 0 Å². The number of halogens is 6. The highest BCUT2D eigenvalue weighted by atomic mass is 19.4. The molecule has 1 fully saturated rings. The van der Waals surface area contributed by atoms with E-state index in [1.165, 1.54) is 24.3 Å². The van der Waals surface area contributed by atoms with E-state index in [1.807, 2.05) is 0 Å². The molecule has 1 aliphatic heterocycles. The Morgan fingerprint density at radius 1 is 0.971 bits per heavy atom. The minimum Gasteiger partial charge on any atom is -0.507 e. The van der Waals surface area contributed by atoms with Gasteiger partial charge >= 0.3 is 12.4 Å². The molecule has 0 saturated carbocycles. The lowest BCUT2D eigenvalue weighted by Gasteiger charge is -2.28. The van der Waals surface area contributed by atoms with Crippen LogP contribution in [0.3, 0.4) is 0 Å². The van der Waals surface area contributed by atoms with Crippen LogP contribution >= 0.6 is 0 Å². The third-order valence-electron chi connectivity index (χ3n) is 5.41. The first-order chi connectivity index (χ1) is 16.1. The molecule has 0 bridgehead atoms. The smallest absolute Gasteiger partial charge is 0.416 e. The second-order valence-corrected chi connectivity index (χ2v) is 7.99. The number of amides is 1. The molecule has 3 rings (SSSR count). The van der Waals surface area contributed by atoms with Crippen LogP contribution in [0, 0.1) is 6.92 Å². The Kier molecular flexibility index (Phi) is 7.00. The van der Waals surface area contributed by atoms with E-state index in [1.54, 1.807) is 6.92 Å². The monoisotopic (exact) mass is 503 g/mol. The topological polar surface area (TPSA) is 98.1 Å². The predicted molar refractivity (Wildman–Crippen MR) is 110 cm³/mol. The SMILES string of the molecule is Cc1ccc(/C(O)=C2\C(=O)C(=O)N(CC(O)CO)C2c2cc(C(F)(F)F)cc(C(F)(F)F)c2)cc1. The van der Waals surface area contributed by atoms with Gasteiger partial charge in [-0.3, -0.25) is 9.59 Å². The number of aryl methyl sites for hydroxylation is 1. The first-order valence-corrected chi connectivity index (χ1v) is 10.1. The number of β-amino-alcohol motifs (C(OH)–C–C–N with tert-alkyl or cyclic N) is 1. The summed E-state index contributed by atoms with van der Waals surface area (Å²) < 4.78 is 80.7. The minimum atomic E-state index is -5.21. The maximum atomic E-state index is 13.4. The zero-order valence-corrected chi connectivity index (χ0v) is 18.0. The van der Waals surface area contributed by atoms with E-state index < -0.39 is 77.4 Å². The van der Waals surface area contributed by atoms with Gasteiger partial charge in [-0.05, 0) is 30.7 Å². The summed E-state index contributed by atoms with van der Waals surface area (Å²) in [5.74, 6) is -3.56. The van der Waals surface area contributed by atoms with Crippen molar-refractivity contribution in [3.63, 3.8) is 0 Å². The third-order valence-corrected chi connectivity index (χ3v) is 5.41. The van der Waals surface area contributed by atoms with E-state index >= 15 is 0 Å². The molecule has 188 valence electrons. The van der Waals surface area contributed by atoms with Crippen LogP contribution in [0.2, 0.25) is 0 Å². The van der Waals surface area contributed by atoms with Crippen LogP contribution in [0.4, 0.5) is 26.3 Å². The van der Waals surface area contributed by atoms with E-state index in [-0.39, 0.29) is 11.6 Å². The lowest BCUT2D eigenvalue weighted by atomic mass is 9.92. The van der Waals surface area contributed by atoms with Crippen LogP contribution in [-0.4, -0.2) is 51.2 Å². The largest absolute Gasteiger partial charge is 0.507 e. The minimum absolute atomic E-state index is 0.00988. The van der Waals surface area contributed by atoms with Crippen LogP contribution in [0.25, 0.3) is 5.76 Å². The Hall–Kier alpha value is -3.38. The van der Waals surface area contributed by atoms with Gasteiger partial charge in [-0.15, -0.1) is 0 Å². The normalized spacial score (nSPS) is 19.3. The van der Waals surface area contributed by atoms with Gasteiger partial charge in [0.15, 0.2) is 0 Å². The summed E-state index contributed by atoms with van der Waals surface area (Å²) in [6.07, 6.45) is -12.1. The molecule has 1 saturated heterocycles. The number of aliphatic hydroxyl groups is 3. The number of ketones is 1. The van der Waals surface area contributed by atoms with E-state index in [0.717, 1.165) is 5.56 Å². The molecule has 6 nitrogen and oxygen atoms in total. The molecule has 1 amide bonds. The summed E-state index contributed by atoms with van der Waals surface area (Å²) in [5, 5.41) is 29.8. The number of alkyl halides is 6. The van der Waals surface area contributed by atoms with Gasteiger partial charge in [-0.2, -0.15) is 26.3 Å². The van der Waals surface area contributed by atoms with E-state index in [9.17, 15) is 46.1 Å². The van der Waals surface area contributed by atoms with E-state index in [2.05, 4.69) is 0 Å². The number of hydrogen-bond donors (Lipinski definition) is 3. The standard InChI is InChI=1S/C23H19F6NO5/c1-11-2-4-12(5-3-11)19(33)17-18(30(9-16(32)10-31)21(35)20(17)34)13-6-14(22(24,25)26)8-15(7-13)23(27,28)29/h2-8,16,18,31-33H,9-10H2,1H3/b19-17+. The van der Waals surface area contributed by atoms with Crippen LogP contribution < -0.4 is 0 Å². The fraction of sp³-hybridized carbons (Fsp3) is 0.304. The van der Waals surface area contributed by atoms with Crippen LogP contribution in [0.15, 0.2) is 48.0 Å². The van der Waals surface area contributed by atoms with Gasteiger partial charge in [0.25, 0.3) is 11.7 Å². The Balaban J connectivity index is 2.33. The summed E-state index contributed by atoms with van der Waals surface area (Å²) in [5.41, 5.74) is -4.15. The Morgan fingerprint density at radius 3 is 1.94 bits per heavy atom. The summed E-state index contributed by atoms with van der Waals surface area (Å²) in [6, 6.07) is 4.43. The van der Waals surface area contributed by atoms with Gasteiger partial charge in [0.2, 0.25) is 0 Å². The van der Waals surface area contributed by atoms with Gasteiger partial charge in [-0.1, -0.05) is 29.8 Å². The van der Waals surface area contributed by atoms with Crippen molar-refractivity contribution in [3.8, 4) is 0 Å². The molecule has 35 heavy (non-hydrogen) atoms. The number of Topliss-reactive ketones (excluding diaryl/α,β-unsaturated/α-hetero) is 1. The summed E-state index contributed by atoms with van der Waals surface area (Å²) in [4.78, 5) is 26.0. The van der Waals surface area contributed by atoms with Crippen molar-refractivity contribution >= 4 is 17.4 Å². The molecule has 0 aliphatic carbocycles. The molecule has 2 atom stereocenters. The molecule has 2 aromatic carbocycles. The molecular weight excluding hydrogens is 484 g/mol.